The number of aryl methyl sites for hydroxylation is 2. The lowest BCUT2D eigenvalue weighted by Gasteiger charge is -2.22. The van der Waals surface area contributed by atoms with E-state index in [-0.39, 0.29) is 18.0 Å². The largest absolute Gasteiger partial charge is 0.336 e. The summed E-state index contributed by atoms with van der Waals surface area (Å²) in [6.07, 6.45) is 5.30. The molecule has 0 saturated carbocycles. The molecule has 3 rings (SSSR count). The van der Waals surface area contributed by atoms with Gasteiger partial charge in [0, 0.05) is 38.8 Å². The Morgan fingerprint density at radius 2 is 1.92 bits per heavy atom. The van der Waals surface area contributed by atoms with E-state index in [0.717, 1.165) is 11.5 Å². The Balaban J connectivity index is 1.74. The second-order valence-corrected chi connectivity index (χ2v) is 6.47. The Kier molecular flexibility index (Phi) is 5.01. The van der Waals surface area contributed by atoms with Gasteiger partial charge in [0.25, 0.3) is 0 Å². The molecule has 0 saturated heterocycles. The van der Waals surface area contributed by atoms with Gasteiger partial charge in [0.1, 0.15) is 17.3 Å². The molecular formula is C18H23N7O. The number of nitrogens with one attached hydrogen (secondary N) is 2. The van der Waals surface area contributed by atoms with Gasteiger partial charge in [-0.3, -0.25) is 15.0 Å². The van der Waals surface area contributed by atoms with E-state index in [2.05, 4.69) is 25.7 Å². The quantitative estimate of drug-likeness (QED) is 0.738. The highest BCUT2D eigenvalue weighted by atomic mass is 16.2. The molecule has 3 heterocycles. The summed E-state index contributed by atoms with van der Waals surface area (Å²) in [7, 11) is 3.69. The molecule has 0 radical (unpaired) electrons. The predicted octanol–water partition coefficient (Wildman–Crippen LogP) is 2.73. The van der Waals surface area contributed by atoms with Gasteiger partial charge in [0.05, 0.1) is 11.7 Å². The highest BCUT2D eigenvalue weighted by Gasteiger charge is 2.22. The van der Waals surface area contributed by atoms with E-state index in [9.17, 15) is 4.79 Å². The van der Waals surface area contributed by atoms with Crippen molar-refractivity contribution in [2.24, 2.45) is 20.0 Å². The monoisotopic (exact) mass is 353 g/mol. The van der Waals surface area contributed by atoms with E-state index >= 15 is 0 Å². The molecule has 8 heteroatoms. The number of carbonyl (C=O) groups is 1. The third kappa shape index (κ3) is 3.74. The fourth-order valence-corrected chi connectivity index (χ4v) is 2.72. The third-order valence-electron chi connectivity index (χ3n) is 4.14. The molecule has 0 spiro atoms. The number of pyridine rings is 1. The maximum absolute atomic E-state index is 12.5. The molecule has 0 bridgehead atoms. The first-order valence-corrected chi connectivity index (χ1v) is 8.46. The van der Waals surface area contributed by atoms with E-state index in [4.69, 9.17) is 0 Å². The highest BCUT2D eigenvalue weighted by molar-refractivity contribution is 5.89. The van der Waals surface area contributed by atoms with Gasteiger partial charge in [-0.05, 0) is 18.1 Å². The summed E-state index contributed by atoms with van der Waals surface area (Å²) in [6, 6.07) is 6.93. The molecule has 26 heavy (non-hydrogen) atoms. The number of nitrogens with zero attached hydrogens (tertiary/aromatic N) is 5. The number of amides is 2. The standard InChI is InChI=1S/C18H23N7O/c1-12(2)16(17-20-9-10-24(17)3)22-18(26)21-15-11-14(23-25(15)4)13-7-5-6-8-19-13/h5-12,16H,1-4H3,(H2,21,22,26). The molecular weight excluding hydrogens is 330 g/mol. The molecule has 8 nitrogen and oxygen atoms in total. The number of imidazole rings is 1. The minimum Gasteiger partial charge on any atom is -0.336 e. The predicted molar refractivity (Wildman–Crippen MR) is 99.4 cm³/mol. The topological polar surface area (TPSA) is 89.7 Å². The first-order chi connectivity index (χ1) is 12.5. The fraction of sp³-hybridized carbons (Fsp3) is 0.333. The van der Waals surface area contributed by atoms with Crippen molar-refractivity contribution in [3.63, 3.8) is 0 Å². The van der Waals surface area contributed by atoms with Crippen molar-refractivity contribution >= 4 is 11.8 Å². The van der Waals surface area contributed by atoms with Crippen LogP contribution in [0.5, 0.6) is 0 Å². The molecule has 2 amide bonds. The zero-order chi connectivity index (χ0) is 18.7. The molecule has 3 aromatic rings. The molecule has 136 valence electrons. The van der Waals surface area contributed by atoms with Gasteiger partial charge < -0.3 is 9.88 Å². The Bertz CT molecular complexity index is 882. The normalized spacial score (nSPS) is 12.2. The van der Waals surface area contributed by atoms with Crippen LogP contribution in [0.4, 0.5) is 10.6 Å². The van der Waals surface area contributed by atoms with Gasteiger partial charge in [-0.15, -0.1) is 0 Å². The lowest BCUT2D eigenvalue weighted by Crippen LogP contribution is -2.36. The zero-order valence-corrected chi connectivity index (χ0v) is 15.3. The smallest absolute Gasteiger partial charge is 0.320 e. The van der Waals surface area contributed by atoms with Crippen LogP contribution in [0.1, 0.15) is 25.7 Å². The van der Waals surface area contributed by atoms with Crippen LogP contribution in [0.25, 0.3) is 11.4 Å². The van der Waals surface area contributed by atoms with Crippen molar-refractivity contribution < 1.29 is 4.79 Å². The first kappa shape index (κ1) is 17.7. The average Bonchev–Trinajstić information content (AvgIpc) is 3.19. The molecule has 0 aliphatic heterocycles. The van der Waals surface area contributed by atoms with Crippen molar-refractivity contribution in [3.05, 3.63) is 48.7 Å². The summed E-state index contributed by atoms with van der Waals surface area (Å²) in [5, 5.41) is 10.3. The molecule has 0 aliphatic rings. The van der Waals surface area contributed by atoms with Gasteiger partial charge in [0.2, 0.25) is 0 Å². The Morgan fingerprint density at radius 1 is 1.12 bits per heavy atom. The van der Waals surface area contributed by atoms with Crippen molar-refractivity contribution in [1.29, 1.82) is 0 Å². The Labute approximate surface area is 152 Å². The van der Waals surface area contributed by atoms with E-state index < -0.39 is 0 Å². The van der Waals surface area contributed by atoms with Crippen LogP contribution in [-0.2, 0) is 14.1 Å². The molecule has 2 N–H and O–H groups in total. The van der Waals surface area contributed by atoms with Gasteiger partial charge in [-0.2, -0.15) is 5.10 Å². The summed E-state index contributed by atoms with van der Waals surface area (Å²) in [5.41, 5.74) is 1.46. The zero-order valence-electron chi connectivity index (χ0n) is 15.3. The molecule has 0 aromatic carbocycles. The average molecular weight is 353 g/mol. The second kappa shape index (κ2) is 7.38. The van der Waals surface area contributed by atoms with Crippen LogP contribution in [0.15, 0.2) is 42.9 Å². The van der Waals surface area contributed by atoms with Crippen molar-refractivity contribution in [2.75, 3.05) is 5.32 Å². The highest BCUT2D eigenvalue weighted by Crippen LogP contribution is 2.21. The number of carbonyl (C=O) groups excluding carboxylic acids is 1. The second-order valence-electron chi connectivity index (χ2n) is 6.47. The number of anilines is 1. The maximum atomic E-state index is 12.5. The maximum Gasteiger partial charge on any atom is 0.320 e. The van der Waals surface area contributed by atoms with Crippen molar-refractivity contribution in [3.8, 4) is 11.4 Å². The molecule has 1 atom stereocenters. The van der Waals surface area contributed by atoms with E-state index in [1.165, 1.54) is 0 Å². The van der Waals surface area contributed by atoms with Crippen LogP contribution in [-0.4, -0.2) is 30.3 Å². The Morgan fingerprint density at radius 3 is 2.54 bits per heavy atom. The summed E-state index contributed by atoms with van der Waals surface area (Å²) < 4.78 is 3.53. The SMILES string of the molecule is CC(C)C(NC(=O)Nc1cc(-c2ccccn2)nn1C)c1nccn1C. The minimum absolute atomic E-state index is 0.192. The number of aromatic nitrogens is 5. The number of rotatable bonds is 5. The van der Waals surface area contributed by atoms with E-state index in [1.807, 2.05) is 49.9 Å². The summed E-state index contributed by atoms with van der Waals surface area (Å²) in [6.45, 7) is 4.09. The van der Waals surface area contributed by atoms with E-state index in [0.29, 0.717) is 11.5 Å². The van der Waals surface area contributed by atoms with Crippen LogP contribution >= 0.6 is 0 Å². The lowest BCUT2D eigenvalue weighted by molar-refractivity contribution is 0.243. The summed E-state index contributed by atoms with van der Waals surface area (Å²) in [5.74, 6) is 1.59. The Hall–Kier alpha value is -3.16. The lowest BCUT2D eigenvalue weighted by atomic mass is 10.0. The van der Waals surface area contributed by atoms with Crippen LogP contribution in [0.2, 0.25) is 0 Å². The van der Waals surface area contributed by atoms with Crippen molar-refractivity contribution in [1.82, 2.24) is 29.6 Å². The number of urea groups is 1. The van der Waals surface area contributed by atoms with Crippen LogP contribution in [0.3, 0.4) is 0 Å². The van der Waals surface area contributed by atoms with Crippen molar-refractivity contribution in [2.45, 2.75) is 19.9 Å². The number of hydrogen-bond acceptors (Lipinski definition) is 4. The third-order valence-corrected chi connectivity index (χ3v) is 4.14. The molecule has 1 unspecified atom stereocenters. The molecule has 0 aliphatic carbocycles. The van der Waals surface area contributed by atoms with Crippen LogP contribution < -0.4 is 10.6 Å². The molecule has 3 aromatic heterocycles. The van der Waals surface area contributed by atoms with Gasteiger partial charge in [0.15, 0.2) is 0 Å². The minimum atomic E-state index is -0.303. The van der Waals surface area contributed by atoms with Gasteiger partial charge in [-0.25, -0.2) is 9.78 Å². The van der Waals surface area contributed by atoms with Crippen LogP contribution in [0, 0.1) is 5.92 Å². The summed E-state index contributed by atoms with van der Waals surface area (Å²) in [4.78, 5) is 21.2. The van der Waals surface area contributed by atoms with Gasteiger partial charge >= 0.3 is 6.03 Å². The number of hydrogen-bond donors (Lipinski definition) is 2. The first-order valence-electron chi connectivity index (χ1n) is 8.46. The fourth-order valence-electron chi connectivity index (χ4n) is 2.72. The summed E-state index contributed by atoms with van der Waals surface area (Å²) >= 11 is 0. The van der Waals surface area contributed by atoms with Gasteiger partial charge in [-0.1, -0.05) is 19.9 Å². The van der Waals surface area contributed by atoms with E-state index in [1.54, 1.807) is 30.2 Å². The molecule has 0 fully saturated rings.